The summed E-state index contributed by atoms with van der Waals surface area (Å²) < 4.78 is 8.80. The lowest BCUT2D eigenvalue weighted by molar-refractivity contribution is 0.250. The number of hydrogen-bond donors (Lipinski definition) is 0. The first-order valence-corrected chi connectivity index (χ1v) is 9.58. The maximum Gasteiger partial charge on any atom is 0.128 e. The SMILES string of the molecule is CC(C)c1cccc(N2CCN(Cc3cccc4nsnc34)CC2)n1. The predicted octanol–water partition coefficient (Wildman–Crippen LogP) is 3.53. The van der Waals surface area contributed by atoms with Crippen LogP contribution < -0.4 is 4.90 Å². The molecule has 3 heterocycles. The predicted molar refractivity (Wildman–Crippen MR) is 103 cm³/mol. The van der Waals surface area contributed by atoms with Crippen LogP contribution in [0.5, 0.6) is 0 Å². The molecule has 1 saturated heterocycles. The molecule has 0 N–H and O–H groups in total. The molecule has 6 heteroatoms. The van der Waals surface area contributed by atoms with Gasteiger partial charge < -0.3 is 4.90 Å². The lowest BCUT2D eigenvalue weighted by atomic mass is 10.1. The van der Waals surface area contributed by atoms with Crippen molar-refractivity contribution in [2.24, 2.45) is 0 Å². The summed E-state index contributed by atoms with van der Waals surface area (Å²) in [5, 5.41) is 0. The lowest BCUT2D eigenvalue weighted by Gasteiger charge is -2.35. The molecular formula is C19H23N5S. The second-order valence-corrected chi connectivity index (χ2v) is 7.42. The Balaban J connectivity index is 1.42. The summed E-state index contributed by atoms with van der Waals surface area (Å²) in [6.07, 6.45) is 0. The molecule has 0 aliphatic carbocycles. The normalized spacial score (nSPS) is 16.0. The summed E-state index contributed by atoms with van der Waals surface area (Å²) in [7, 11) is 0. The van der Waals surface area contributed by atoms with Gasteiger partial charge in [0.05, 0.1) is 11.7 Å². The highest BCUT2D eigenvalue weighted by Gasteiger charge is 2.19. The minimum absolute atomic E-state index is 0.466. The molecule has 0 unspecified atom stereocenters. The Morgan fingerprint density at radius 3 is 2.60 bits per heavy atom. The van der Waals surface area contributed by atoms with Crippen LogP contribution in [-0.2, 0) is 6.54 Å². The minimum Gasteiger partial charge on any atom is -0.354 e. The number of fused-ring (bicyclic) bond motifs is 1. The molecule has 1 aliphatic heterocycles. The van der Waals surface area contributed by atoms with Crippen LogP contribution in [0, 0.1) is 0 Å². The average molecular weight is 353 g/mol. The topological polar surface area (TPSA) is 45.2 Å². The molecule has 1 aliphatic rings. The third-order valence-electron chi connectivity index (χ3n) is 4.81. The molecule has 0 bridgehead atoms. The van der Waals surface area contributed by atoms with Gasteiger partial charge in [0.2, 0.25) is 0 Å². The molecule has 0 spiro atoms. The number of nitrogens with zero attached hydrogens (tertiary/aromatic N) is 5. The van der Waals surface area contributed by atoms with E-state index in [1.165, 1.54) is 23.0 Å². The number of pyridine rings is 1. The molecular weight excluding hydrogens is 330 g/mol. The molecule has 2 aromatic heterocycles. The Bertz CT molecular complexity index is 852. The van der Waals surface area contributed by atoms with E-state index in [0.29, 0.717) is 5.92 Å². The van der Waals surface area contributed by atoms with Crippen LogP contribution >= 0.6 is 11.7 Å². The summed E-state index contributed by atoms with van der Waals surface area (Å²) in [6.45, 7) is 9.44. The Morgan fingerprint density at radius 1 is 1.00 bits per heavy atom. The summed E-state index contributed by atoms with van der Waals surface area (Å²) >= 11 is 1.30. The monoisotopic (exact) mass is 353 g/mol. The van der Waals surface area contributed by atoms with Crippen LogP contribution in [0.25, 0.3) is 11.0 Å². The van der Waals surface area contributed by atoms with E-state index in [9.17, 15) is 0 Å². The van der Waals surface area contributed by atoms with Crippen molar-refractivity contribution in [3.8, 4) is 0 Å². The van der Waals surface area contributed by atoms with Crippen molar-refractivity contribution in [1.29, 1.82) is 0 Å². The van der Waals surface area contributed by atoms with E-state index in [0.717, 1.165) is 49.6 Å². The van der Waals surface area contributed by atoms with Gasteiger partial charge in [0.1, 0.15) is 16.9 Å². The van der Waals surface area contributed by atoms with Gasteiger partial charge in [0, 0.05) is 38.4 Å². The number of hydrogen-bond acceptors (Lipinski definition) is 6. The maximum atomic E-state index is 4.83. The molecule has 1 fully saturated rings. The second-order valence-electron chi connectivity index (χ2n) is 6.89. The average Bonchev–Trinajstić information content (AvgIpc) is 3.12. The van der Waals surface area contributed by atoms with Crippen molar-refractivity contribution in [1.82, 2.24) is 18.6 Å². The lowest BCUT2D eigenvalue weighted by Crippen LogP contribution is -2.46. The van der Waals surface area contributed by atoms with Crippen molar-refractivity contribution in [2.75, 3.05) is 31.1 Å². The Kier molecular flexibility index (Phi) is 4.63. The maximum absolute atomic E-state index is 4.83. The van der Waals surface area contributed by atoms with Gasteiger partial charge in [-0.25, -0.2) is 4.98 Å². The summed E-state index contributed by atoms with van der Waals surface area (Å²) in [5.74, 6) is 1.57. The molecule has 0 atom stereocenters. The fourth-order valence-corrected chi connectivity index (χ4v) is 3.87. The van der Waals surface area contributed by atoms with Crippen molar-refractivity contribution in [3.63, 3.8) is 0 Å². The van der Waals surface area contributed by atoms with E-state index in [2.05, 4.69) is 62.7 Å². The van der Waals surface area contributed by atoms with Gasteiger partial charge in [-0.15, -0.1) is 0 Å². The Hall–Kier alpha value is -2.05. The highest BCUT2D eigenvalue weighted by Crippen LogP contribution is 2.21. The number of piperazine rings is 1. The van der Waals surface area contributed by atoms with E-state index in [-0.39, 0.29) is 0 Å². The number of aromatic nitrogens is 3. The molecule has 5 nitrogen and oxygen atoms in total. The van der Waals surface area contributed by atoms with Crippen LogP contribution in [0.1, 0.15) is 31.0 Å². The Morgan fingerprint density at radius 2 is 1.80 bits per heavy atom. The van der Waals surface area contributed by atoms with E-state index in [1.54, 1.807) is 0 Å². The van der Waals surface area contributed by atoms with E-state index in [1.807, 2.05) is 6.07 Å². The largest absolute Gasteiger partial charge is 0.354 e. The number of benzene rings is 1. The van der Waals surface area contributed by atoms with Gasteiger partial charge in [0.25, 0.3) is 0 Å². The van der Waals surface area contributed by atoms with Crippen molar-refractivity contribution >= 4 is 28.6 Å². The zero-order chi connectivity index (χ0) is 17.2. The van der Waals surface area contributed by atoms with E-state index in [4.69, 9.17) is 4.98 Å². The first-order valence-electron chi connectivity index (χ1n) is 8.85. The van der Waals surface area contributed by atoms with Crippen LogP contribution in [-0.4, -0.2) is 44.8 Å². The van der Waals surface area contributed by atoms with Gasteiger partial charge in [-0.2, -0.15) is 8.75 Å². The van der Waals surface area contributed by atoms with Crippen LogP contribution in [0.2, 0.25) is 0 Å². The standard InChI is InChI=1S/C19H23N5S/c1-14(2)16-6-4-8-18(20-16)24-11-9-23(10-12-24)13-15-5-3-7-17-19(15)22-25-21-17/h3-8,14H,9-13H2,1-2H3. The summed E-state index contributed by atoms with van der Waals surface area (Å²) in [5.41, 5.74) is 4.51. The van der Waals surface area contributed by atoms with Crippen LogP contribution in [0.4, 0.5) is 5.82 Å². The van der Waals surface area contributed by atoms with Gasteiger partial charge in [0.15, 0.2) is 0 Å². The highest BCUT2D eigenvalue weighted by molar-refractivity contribution is 7.00. The molecule has 0 radical (unpaired) electrons. The zero-order valence-electron chi connectivity index (χ0n) is 14.7. The second kappa shape index (κ2) is 7.06. The van der Waals surface area contributed by atoms with Crippen molar-refractivity contribution < 1.29 is 0 Å². The summed E-state index contributed by atoms with van der Waals surface area (Å²) in [6, 6.07) is 12.7. The molecule has 4 rings (SSSR count). The molecule has 1 aromatic carbocycles. The first-order chi connectivity index (χ1) is 12.2. The third-order valence-corrected chi connectivity index (χ3v) is 5.35. The van der Waals surface area contributed by atoms with Gasteiger partial charge in [-0.05, 0) is 29.7 Å². The molecule has 0 saturated carbocycles. The highest BCUT2D eigenvalue weighted by atomic mass is 32.1. The molecule has 130 valence electrons. The summed E-state index contributed by atoms with van der Waals surface area (Å²) in [4.78, 5) is 9.72. The van der Waals surface area contributed by atoms with Gasteiger partial charge in [-0.3, -0.25) is 4.90 Å². The Labute approximate surface area is 152 Å². The zero-order valence-corrected chi connectivity index (χ0v) is 15.5. The molecule has 25 heavy (non-hydrogen) atoms. The van der Waals surface area contributed by atoms with Crippen molar-refractivity contribution in [3.05, 3.63) is 47.7 Å². The third kappa shape index (κ3) is 3.50. The van der Waals surface area contributed by atoms with Crippen LogP contribution in [0.3, 0.4) is 0 Å². The number of anilines is 1. The minimum atomic E-state index is 0.466. The molecule has 3 aromatic rings. The number of rotatable bonds is 4. The smallest absolute Gasteiger partial charge is 0.128 e. The quantitative estimate of drug-likeness (QED) is 0.718. The van der Waals surface area contributed by atoms with Gasteiger partial charge >= 0.3 is 0 Å². The molecule has 0 amide bonds. The van der Waals surface area contributed by atoms with Gasteiger partial charge in [-0.1, -0.05) is 32.0 Å². The van der Waals surface area contributed by atoms with Crippen LogP contribution in [0.15, 0.2) is 36.4 Å². The first kappa shape index (κ1) is 16.4. The fourth-order valence-electron chi connectivity index (χ4n) is 3.30. The van der Waals surface area contributed by atoms with E-state index < -0.39 is 0 Å². The van der Waals surface area contributed by atoms with Crippen molar-refractivity contribution in [2.45, 2.75) is 26.3 Å². The fraction of sp³-hybridized carbons (Fsp3) is 0.421. The van der Waals surface area contributed by atoms with E-state index >= 15 is 0 Å².